The third-order valence-corrected chi connectivity index (χ3v) is 1.85. The number of carbonyl (C=O) groups excluding carboxylic acids is 1. The van der Waals surface area contributed by atoms with Gasteiger partial charge in [-0.3, -0.25) is 4.79 Å². The van der Waals surface area contributed by atoms with Gasteiger partial charge in [-0.25, -0.2) is 4.98 Å². The second-order valence-corrected chi connectivity index (χ2v) is 2.73. The number of pyridine rings is 1. The van der Waals surface area contributed by atoms with E-state index in [1.807, 2.05) is 13.1 Å². The molecule has 70 valence electrons. The zero-order valence-electron chi connectivity index (χ0n) is 8.03. The number of carbonyl (C=O) groups is 1. The largest absolute Gasteiger partial charge is 0.387 e. The molecule has 1 heterocycles. The predicted octanol–water partition coefficient (Wildman–Crippen LogP) is 1.11. The van der Waals surface area contributed by atoms with E-state index in [0.29, 0.717) is 5.82 Å². The monoisotopic (exact) mass is 179 g/mol. The van der Waals surface area contributed by atoms with Gasteiger partial charge in [0, 0.05) is 21.0 Å². The molecular formula is C9H13N3O. The Balaban J connectivity index is 2.85. The molecule has 1 aromatic heterocycles. The first kappa shape index (κ1) is 9.51. The van der Waals surface area contributed by atoms with Crippen molar-refractivity contribution in [2.24, 2.45) is 0 Å². The van der Waals surface area contributed by atoms with Crippen LogP contribution in [0.5, 0.6) is 0 Å². The molecule has 0 radical (unpaired) electrons. The molecule has 1 rings (SSSR count). The van der Waals surface area contributed by atoms with E-state index < -0.39 is 0 Å². The Kier molecular flexibility index (Phi) is 2.84. The number of hydrogen-bond donors (Lipinski definition) is 1. The number of hydrogen-bond acceptors (Lipinski definition) is 3. The lowest BCUT2D eigenvalue weighted by Gasteiger charge is -2.13. The Morgan fingerprint density at radius 1 is 1.54 bits per heavy atom. The average Bonchev–Trinajstić information content (AvgIpc) is 2.17. The van der Waals surface area contributed by atoms with Crippen molar-refractivity contribution in [3.05, 3.63) is 18.3 Å². The minimum absolute atomic E-state index is 0.0234. The third kappa shape index (κ3) is 2.18. The summed E-state index contributed by atoms with van der Waals surface area (Å²) in [6.45, 7) is 1.51. The van der Waals surface area contributed by atoms with Gasteiger partial charge in [0.1, 0.15) is 5.82 Å². The van der Waals surface area contributed by atoms with Gasteiger partial charge < -0.3 is 10.2 Å². The zero-order valence-corrected chi connectivity index (χ0v) is 8.03. The summed E-state index contributed by atoms with van der Waals surface area (Å²) in [5, 5.41) is 2.96. The number of anilines is 2. The van der Waals surface area contributed by atoms with Crippen LogP contribution < -0.4 is 10.2 Å². The fourth-order valence-electron chi connectivity index (χ4n) is 0.894. The molecule has 0 aliphatic carbocycles. The van der Waals surface area contributed by atoms with Crippen LogP contribution in [0, 0.1) is 0 Å². The van der Waals surface area contributed by atoms with Crippen LogP contribution in [-0.2, 0) is 4.79 Å². The quantitative estimate of drug-likeness (QED) is 0.739. The normalized spacial score (nSPS) is 9.46. The molecular weight excluding hydrogens is 166 g/mol. The molecule has 0 atom stereocenters. The van der Waals surface area contributed by atoms with E-state index in [4.69, 9.17) is 0 Å². The maximum absolute atomic E-state index is 11.0. The van der Waals surface area contributed by atoms with Crippen LogP contribution in [0.2, 0.25) is 0 Å². The fourth-order valence-corrected chi connectivity index (χ4v) is 0.894. The van der Waals surface area contributed by atoms with Gasteiger partial charge in [0.05, 0.1) is 11.9 Å². The maximum Gasteiger partial charge on any atom is 0.224 e. The van der Waals surface area contributed by atoms with Crippen molar-refractivity contribution >= 4 is 17.4 Å². The van der Waals surface area contributed by atoms with Crippen LogP contribution in [0.25, 0.3) is 0 Å². The maximum atomic E-state index is 11.0. The van der Waals surface area contributed by atoms with Gasteiger partial charge in [0.25, 0.3) is 0 Å². The summed E-state index contributed by atoms with van der Waals surface area (Å²) in [6.07, 6.45) is 1.69. The van der Waals surface area contributed by atoms with Gasteiger partial charge in [0.15, 0.2) is 0 Å². The lowest BCUT2D eigenvalue weighted by Crippen LogP contribution is -2.23. The van der Waals surface area contributed by atoms with Gasteiger partial charge in [-0.15, -0.1) is 0 Å². The van der Waals surface area contributed by atoms with Crippen molar-refractivity contribution in [2.75, 3.05) is 24.3 Å². The summed E-state index contributed by atoms with van der Waals surface area (Å²) < 4.78 is 0. The highest BCUT2D eigenvalue weighted by Gasteiger charge is 2.05. The van der Waals surface area contributed by atoms with Crippen LogP contribution in [0.3, 0.4) is 0 Å². The van der Waals surface area contributed by atoms with Crippen molar-refractivity contribution in [1.29, 1.82) is 0 Å². The average molecular weight is 179 g/mol. The van der Waals surface area contributed by atoms with Crippen molar-refractivity contribution in [1.82, 2.24) is 4.98 Å². The van der Waals surface area contributed by atoms with Gasteiger partial charge in [0.2, 0.25) is 5.91 Å². The zero-order chi connectivity index (χ0) is 9.84. The van der Waals surface area contributed by atoms with E-state index >= 15 is 0 Å². The van der Waals surface area contributed by atoms with Gasteiger partial charge in [-0.2, -0.15) is 0 Å². The van der Waals surface area contributed by atoms with Crippen LogP contribution >= 0.6 is 0 Å². The van der Waals surface area contributed by atoms with E-state index in [0.717, 1.165) is 5.69 Å². The van der Waals surface area contributed by atoms with Crippen LogP contribution in [0.4, 0.5) is 11.5 Å². The second kappa shape index (κ2) is 3.89. The minimum atomic E-state index is -0.0234. The number of aromatic nitrogens is 1. The Morgan fingerprint density at radius 2 is 2.23 bits per heavy atom. The van der Waals surface area contributed by atoms with E-state index in [2.05, 4.69) is 10.3 Å². The SMILES string of the molecule is CNc1ccc(N(C)C(C)=O)nc1. The molecule has 0 aliphatic heterocycles. The molecule has 0 spiro atoms. The minimum Gasteiger partial charge on any atom is -0.387 e. The number of rotatable bonds is 2. The number of amides is 1. The predicted molar refractivity (Wildman–Crippen MR) is 52.9 cm³/mol. The highest BCUT2D eigenvalue weighted by molar-refractivity contribution is 5.89. The van der Waals surface area contributed by atoms with Gasteiger partial charge in [-0.1, -0.05) is 0 Å². The van der Waals surface area contributed by atoms with Gasteiger partial charge >= 0.3 is 0 Å². The molecule has 13 heavy (non-hydrogen) atoms. The third-order valence-electron chi connectivity index (χ3n) is 1.85. The Hall–Kier alpha value is -1.58. The van der Waals surface area contributed by atoms with Gasteiger partial charge in [-0.05, 0) is 12.1 Å². The number of nitrogens with zero attached hydrogens (tertiary/aromatic N) is 2. The lowest BCUT2D eigenvalue weighted by molar-refractivity contribution is -0.116. The van der Waals surface area contributed by atoms with Crippen molar-refractivity contribution in [2.45, 2.75) is 6.92 Å². The van der Waals surface area contributed by atoms with Crippen LogP contribution in [0.1, 0.15) is 6.92 Å². The lowest BCUT2D eigenvalue weighted by atomic mass is 10.4. The molecule has 4 nitrogen and oxygen atoms in total. The molecule has 0 unspecified atom stereocenters. The molecule has 0 aliphatic rings. The molecule has 0 saturated carbocycles. The summed E-state index contributed by atoms with van der Waals surface area (Å²) in [4.78, 5) is 16.6. The summed E-state index contributed by atoms with van der Waals surface area (Å²) in [5.74, 6) is 0.635. The molecule has 1 aromatic rings. The highest BCUT2D eigenvalue weighted by atomic mass is 16.2. The smallest absolute Gasteiger partial charge is 0.224 e. The highest BCUT2D eigenvalue weighted by Crippen LogP contribution is 2.11. The molecule has 0 fully saturated rings. The van der Waals surface area contributed by atoms with E-state index in [-0.39, 0.29) is 5.91 Å². The van der Waals surface area contributed by atoms with E-state index in [1.54, 1.807) is 19.3 Å². The number of nitrogens with one attached hydrogen (secondary N) is 1. The van der Waals surface area contributed by atoms with E-state index in [1.165, 1.54) is 11.8 Å². The molecule has 0 aromatic carbocycles. The summed E-state index contributed by atoms with van der Waals surface area (Å²) >= 11 is 0. The van der Waals surface area contributed by atoms with Crippen LogP contribution in [0.15, 0.2) is 18.3 Å². The van der Waals surface area contributed by atoms with Crippen molar-refractivity contribution in [3.8, 4) is 0 Å². The molecule has 1 N–H and O–H groups in total. The van der Waals surface area contributed by atoms with Crippen LogP contribution in [-0.4, -0.2) is 25.0 Å². The topological polar surface area (TPSA) is 45.2 Å². The first-order valence-corrected chi connectivity index (χ1v) is 4.03. The summed E-state index contributed by atoms with van der Waals surface area (Å²) in [7, 11) is 3.52. The summed E-state index contributed by atoms with van der Waals surface area (Å²) in [6, 6.07) is 3.68. The Morgan fingerprint density at radius 3 is 2.62 bits per heavy atom. The Bertz CT molecular complexity index is 294. The first-order valence-electron chi connectivity index (χ1n) is 4.03. The Labute approximate surface area is 77.6 Å². The van der Waals surface area contributed by atoms with Crippen molar-refractivity contribution < 1.29 is 4.79 Å². The first-order chi connectivity index (χ1) is 6.15. The van der Waals surface area contributed by atoms with E-state index in [9.17, 15) is 4.79 Å². The molecule has 1 amide bonds. The fraction of sp³-hybridized carbons (Fsp3) is 0.333. The summed E-state index contributed by atoms with van der Waals surface area (Å²) in [5.41, 5.74) is 0.931. The molecule has 4 heteroatoms. The second-order valence-electron chi connectivity index (χ2n) is 2.73. The van der Waals surface area contributed by atoms with Crippen molar-refractivity contribution in [3.63, 3.8) is 0 Å². The molecule has 0 bridgehead atoms. The molecule has 0 saturated heterocycles. The standard InChI is InChI=1S/C9H13N3O/c1-7(13)12(3)9-5-4-8(10-2)6-11-9/h4-6,10H,1-3H3.